The molecule has 0 saturated heterocycles. The number of benzene rings is 2. The Balaban J connectivity index is 2.18. The number of aromatic nitrogens is 2. The maximum Gasteiger partial charge on any atom is 0.274 e. The molecular formula is C20H11N3O2. The lowest BCUT2D eigenvalue weighted by Gasteiger charge is -2.23. The molecule has 0 spiro atoms. The summed E-state index contributed by atoms with van der Waals surface area (Å²) in [5.74, 6) is 0. The Kier molecular flexibility index (Phi) is 2.58. The normalized spacial score (nSPS) is 12.1. The topological polar surface area (TPSA) is 67.3 Å². The minimum Gasteiger partial charge on any atom is -0.289 e. The van der Waals surface area contributed by atoms with Crippen molar-refractivity contribution < 1.29 is 0 Å². The first-order chi connectivity index (χ1) is 12.2. The quantitative estimate of drug-likeness (QED) is 0.411. The molecule has 0 N–H and O–H groups in total. The molecule has 0 radical (unpaired) electrons. The van der Waals surface area contributed by atoms with Crippen molar-refractivity contribution >= 4 is 16.6 Å². The summed E-state index contributed by atoms with van der Waals surface area (Å²) in [6.07, 6.45) is 0. The van der Waals surface area contributed by atoms with Crippen molar-refractivity contribution in [3.63, 3.8) is 0 Å². The van der Waals surface area contributed by atoms with E-state index in [2.05, 4.69) is 0 Å². The van der Waals surface area contributed by atoms with Crippen LogP contribution in [0.2, 0.25) is 0 Å². The molecule has 3 heterocycles. The van der Waals surface area contributed by atoms with Gasteiger partial charge in [0, 0.05) is 5.56 Å². The number of hydrogen-bond acceptors (Lipinski definition) is 3. The van der Waals surface area contributed by atoms with E-state index >= 15 is 0 Å². The van der Waals surface area contributed by atoms with Crippen molar-refractivity contribution in [2.75, 3.05) is 0 Å². The molecule has 0 bridgehead atoms. The van der Waals surface area contributed by atoms with E-state index in [0.717, 1.165) is 16.7 Å². The molecule has 0 atom stereocenters. The van der Waals surface area contributed by atoms with E-state index in [1.165, 1.54) is 4.40 Å². The molecule has 0 aliphatic carbocycles. The van der Waals surface area contributed by atoms with E-state index in [-0.39, 0.29) is 11.1 Å². The summed E-state index contributed by atoms with van der Waals surface area (Å²) >= 11 is 0. The maximum absolute atomic E-state index is 13.0. The van der Waals surface area contributed by atoms with E-state index in [9.17, 15) is 14.9 Å². The zero-order valence-corrected chi connectivity index (χ0v) is 13.1. The summed E-state index contributed by atoms with van der Waals surface area (Å²) in [6, 6.07) is 18.4. The smallest absolute Gasteiger partial charge is 0.274 e. The average molecular weight is 325 g/mol. The predicted octanol–water partition coefficient (Wildman–Crippen LogP) is 2.51. The molecule has 4 aromatic rings. The van der Waals surface area contributed by atoms with Crippen molar-refractivity contribution in [2.45, 2.75) is 6.54 Å². The largest absolute Gasteiger partial charge is 0.289 e. The third kappa shape index (κ3) is 1.65. The molecule has 1 aliphatic heterocycles. The van der Waals surface area contributed by atoms with Crippen LogP contribution < -0.4 is 11.1 Å². The summed E-state index contributed by atoms with van der Waals surface area (Å²) in [7, 11) is 0. The van der Waals surface area contributed by atoms with Gasteiger partial charge in [0.1, 0.15) is 17.3 Å². The van der Waals surface area contributed by atoms with E-state index in [1.54, 1.807) is 34.9 Å². The van der Waals surface area contributed by atoms with Crippen molar-refractivity contribution in [1.82, 2.24) is 8.97 Å². The maximum atomic E-state index is 13.0. The molecule has 0 unspecified atom stereocenters. The minimum atomic E-state index is -0.398. The summed E-state index contributed by atoms with van der Waals surface area (Å²) in [5.41, 5.74) is 3.30. The molecule has 0 saturated carbocycles. The molecule has 5 nitrogen and oxygen atoms in total. The lowest BCUT2D eigenvalue weighted by atomic mass is 9.96. The fourth-order valence-electron chi connectivity index (χ4n) is 3.70. The second-order valence-corrected chi connectivity index (χ2v) is 6.11. The lowest BCUT2D eigenvalue weighted by Crippen LogP contribution is -2.31. The predicted molar refractivity (Wildman–Crippen MR) is 94.7 cm³/mol. The van der Waals surface area contributed by atoms with Crippen LogP contribution in [0.4, 0.5) is 0 Å². The van der Waals surface area contributed by atoms with Gasteiger partial charge in [0.2, 0.25) is 0 Å². The van der Waals surface area contributed by atoms with E-state index in [0.29, 0.717) is 23.1 Å². The molecule has 5 rings (SSSR count). The first-order valence-corrected chi connectivity index (χ1v) is 7.90. The third-order valence-corrected chi connectivity index (χ3v) is 4.81. The molecule has 2 aromatic heterocycles. The van der Waals surface area contributed by atoms with Gasteiger partial charge in [0.25, 0.3) is 11.1 Å². The van der Waals surface area contributed by atoms with Crippen molar-refractivity contribution in [2.24, 2.45) is 0 Å². The van der Waals surface area contributed by atoms with Gasteiger partial charge in [-0.3, -0.25) is 18.6 Å². The third-order valence-electron chi connectivity index (χ3n) is 4.81. The Bertz CT molecular complexity index is 1370. The fraction of sp³-hybridized carbons (Fsp3) is 0.0500. The first kappa shape index (κ1) is 13.8. The van der Waals surface area contributed by atoms with Gasteiger partial charge in [-0.15, -0.1) is 0 Å². The number of hydrogen-bond donors (Lipinski definition) is 0. The van der Waals surface area contributed by atoms with Crippen LogP contribution >= 0.6 is 0 Å². The Hall–Kier alpha value is -3.65. The SMILES string of the molecule is N#Cc1cc2c3n(c(=O)c4ccccc4n3c1=O)Cc1ccccc1-2. The summed E-state index contributed by atoms with van der Waals surface area (Å²) in [6.45, 7) is 0.404. The minimum absolute atomic E-state index is 0.0690. The Labute approximate surface area is 141 Å². The van der Waals surface area contributed by atoms with Crippen molar-refractivity contribution in [1.29, 1.82) is 5.26 Å². The van der Waals surface area contributed by atoms with Gasteiger partial charge in [-0.2, -0.15) is 5.26 Å². The van der Waals surface area contributed by atoms with E-state index in [1.807, 2.05) is 30.3 Å². The highest BCUT2D eigenvalue weighted by Gasteiger charge is 2.23. The van der Waals surface area contributed by atoms with Crippen LogP contribution in [0.1, 0.15) is 11.1 Å². The van der Waals surface area contributed by atoms with Crippen molar-refractivity contribution in [3.8, 4) is 17.2 Å². The van der Waals surface area contributed by atoms with Gasteiger partial charge in [-0.25, -0.2) is 0 Å². The molecule has 5 heteroatoms. The summed E-state index contributed by atoms with van der Waals surface area (Å²) < 4.78 is 3.13. The molecule has 0 fully saturated rings. The monoisotopic (exact) mass is 325 g/mol. The fourth-order valence-corrected chi connectivity index (χ4v) is 3.70. The molecule has 0 amide bonds. The van der Waals surface area contributed by atoms with Crippen LogP contribution in [0, 0.1) is 11.3 Å². The van der Waals surface area contributed by atoms with Gasteiger partial charge >= 0.3 is 0 Å². The highest BCUT2D eigenvalue weighted by Crippen LogP contribution is 2.33. The van der Waals surface area contributed by atoms with Crippen LogP contribution in [0.25, 0.3) is 27.7 Å². The molecular weight excluding hydrogens is 314 g/mol. The van der Waals surface area contributed by atoms with Gasteiger partial charge < -0.3 is 0 Å². The second kappa shape index (κ2) is 4.68. The van der Waals surface area contributed by atoms with E-state index in [4.69, 9.17) is 0 Å². The van der Waals surface area contributed by atoms with Gasteiger partial charge in [-0.05, 0) is 29.3 Å². The molecule has 1 aliphatic rings. The number of rotatable bonds is 0. The number of nitriles is 1. The Morgan fingerprint density at radius 2 is 1.68 bits per heavy atom. The first-order valence-electron chi connectivity index (χ1n) is 7.90. The zero-order chi connectivity index (χ0) is 17.1. The number of nitrogens with zero attached hydrogens (tertiary/aromatic N) is 3. The zero-order valence-electron chi connectivity index (χ0n) is 13.1. The second-order valence-electron chi connectivity index (χ2n) is 6.11. The van der Waals surface area contributed by atoms with Gasteiger partial charge in [0.05, 0.1) is 17.4 Å². The van der Waals surface area contributed by atoms with Crippen LogP contribution in [0.15, 0.2) is 64.2 Å². The van der Waals surface area contributed by atoms with Gasteiger partial charge in [-0.1, -0.05) is 36.4 Å². The summed E-state index contributed by atoms with van der Waals surface area (Å²) in [4.78, 5) is 25.9. The number of fused-ring (bicyclic) bond motifs is 4. The molecule has 2 aromatic carbocycles. The Morgan fingerprint density at radius 1 is 0.920 bits per heavy atom. The lowest BCUT2D eigenvalue weighted by molar-refractivity contribution is 0.764. The van der Waals surface area contributed by atoms with E-state index < -0.39 is 5.56 Å². The average Bonchev–Trinajstić information content (AvgIpc) is 2.66. The number of pyridine rings is 1. The number of para-hydroxylation sites is 1. The van der Waals surface area contributed by atoms with Gasteiger partial charge in [0.15, 0.2) is 0 Å². The highest BCUT2D eigenvalue weighted by molar-refractivity contribution is 5.89. The van der Waals surface area contributed by atoms with Crippen LogP contribution in [0.5, 0.6) is 0 Å². The molecule has 118 valence electrons. The standard InChI is InChI=1S/C20H11N3O2/c21-10-13-9-16-14-6-2-1-5-12(14)11-22-18(16)23(19(13)24)17-8-4-3-7-15(17)20(22)25/h1-9H,11H2. The van der Waals surface area contributed by atoms with Crippen LogP contribution in [-0.4, -0.2) is 8.97 Å². The van der Waals surface area contributed by atoms with Crippen molar-refractivity contribution in [3.05, 3.63) is 86.4 Å². The highest BCUT2D eigenvalue weighted by atomic mass is 16.1. The van der Waals surface area contributed by atoms with Crippen LogP contribution in [0.3, 0.4) is 0 Å². The van der Waals surface area contributed by atoms with Crippen LogP contribution in [-0.2, 0) is 6.54 Å². The Morgan fingerprint density at radius 3 is 2.52 bits per heavy atom. The summed E-state index contributed by atoms with van der Waals surface area (Å²) in [5, 5.41) is 9.90. The molecule has 25 heavy (non-hydrogen) atoms.